The van der Waals surface area contributed by atoms with Gasteiger partial charge in [-0.15, -0.1) is 0 Å². The van der Waals surface area contributed by atoms with Crippen molar-refractivity contribution in [3.05, 3.63) is 36.2 Å². The van der Waals surface area contributed by atoms with Crippen LogP contribution in [0.1, 0.15) is 19.4 Å². The summed E-state index contributed by atoms with van der Waals surface area (Å²) in [7, 11) is 0. The average molecular weight is 357 g/mol. The van der Waals surface area contributed by atoms with Crippen molar-refractivity contribution in [1.29, 1.82) is 0 Å². The Kier molecular flexibility index (Phi) is 4.94. The van der Waals surface area contributed by atoms with Crippen molar-refractivity contribution >= 4 is 17.7 Å². The molecule has 4 N–H and O–H groups in total. The van der Waals surface area contributed by atoms with E-state index in [1.54, 1.807) is 15.8 Å². The minimum Gasteiger partial charge on any atom is -0.465 e. The molecule has 0 aliphatic carbocycles. The van der Waals surface area contributed by atoms with Crippen molar-refractivity contribution in [2.75, 3.05) is 11.4 Å². The molecule has 2 aromatic rings. The van der Waals surface area contributed by atoms with Gasteiger partial charge in [-0.3, -0.25) is 9.48 Å². The first-order valence-electron chi connectivity index (χ1n) is 8.55. The van der Waals surface area contributed by atoms with Crippen LogP contribution in [0, 0.1) is 0 Å². The molecule has 26 heavy (non-hydrogen) atoms. The molecule has 1 aliphatic rings. The predicted molar refractivity (Wildman–Crippen MR) is 98.0 cm³/mol. The summed E-state index contributed by atoms with van der Waals surface area (Å²) < 4.78 is 1.79. The molecule has 1 aromatic heterocycles. The Labute approximate surface area is 151 Å². The smallest absolute Gasteiger partial charge is 0.404 e. The maximum absolute atomic E-state index is 12.2. The summed E-state index contributed by atoms with van der Waals surface area (Å²) in [5, 5.41) is 15.9. The first-order chi connectivity index (χ1) is 12.4. The van der Waals surface area contributed by atoms with Crippen LogP contribution >= 0.6 is 0 Å². The van der Waals surface area contributed by atoms with Crippen LogP contribution in [-0.4, -0.2) is 45.5 Å². The molecule has 1 aliphatic heterocycles. The van der Waals surface area contributed by atoms with Gasteiger partial charge in [0.25, 0.3) is 0 Å². The van der Waals surface area contributed by atoms with E-state index in [9.17, 15) is 9.59 Å². The summed E-state index contributed by atoms with van der Waals surface area (Å²) in [4.78, 5) is 24.9. The van der Waals surface area contributed by atoms with Gasteiger partial charge < -0.3 is 21.1 Å². The number of fused-ring (bicyclic) bond motifs is 1. The first kappa shape index (κ1) is 17.9. The maximum Gasteiger partial charge on any atom is 0.404 e. The lowest BCUT2D eigenvalue weighted by molar-refractivity contribution is -0.117. The number of rotatable bonds is 4. The molecular formula is C18H23N5O3. The van der Waals surface area contributed by atoms with Gasteiger partial charge in [0.2, 0.25) is 5.91 Å². The SMILES string of the molecule is CC(=O)N1c2ccc(-c3cnn(CCN)c3)cc2C[C@@H](NC(=O)O)[C@H]1C. The third kappa shape index (κ3) is 3.41. The molecule has 1 aromatic carbocycles. The highest BCUT2D eigenvalue weighted by atomic mass is 16.4. The minimum atomic E-state index is -1.09. The van der Waals surface area contributed by atoms with Gasteiger partial charge >= 0.3 is 6.09 Å². The number of nitrogens with two attached hydrogens (primary N) is 1. The molecule has 8 heteroatoms. The van der Waals surface area contributed by atoms with Gasteiger partial charge in [0.05, 0.1) is 24.8 Å². The molecule has 2 heterocycles. The maximum atomic E-state index is 12.2. The van der Waals surface area contributed by atoms with E-state index in [0.29, 0.717) is 19.5 Å². The number of amides is 2. The molecule has 2 amide bonds. The van der Waals surface area contributed by atoms with Crippen LogP contribution in [0.15, 0.2) is 30.6 Å². The van der Waals surface area contributed by atoms with Gasteiger partial charge in [-0.1, -0.05) is 6.07 Å². The molecule has 0 radical (unpaired) electrons. The average Bonchev–Trinajstić information content (AvgIpc) is 3.03. The summed E-state index contributed by atoms with van der Waals surface area (Å²) in [5.41, 5.74) is 9.24. The van der Waals surface area contributed by atoms with Crippen molar-refractivity contribution in [3.63, 3.8) is 0 Å². The topological polar surface area (TPSA) is 113 Å². The quantitative estimate of drug-likeness (QED) is 0.766. The Hall–Kier alpha value is -2.87. The number of aromatic nitrogens is 2. The van der Waals surface area contributed by atoms with E-state index in [4.69, 9.17) is 10.8 Å². The molecule has 8 nitrogen and oxygen atoms in total. The summed E-state index contributed by atoms with van der Waals surface area (Å²) in [6, 6.07) is 5.25. The Bertz CT molecular complexity index is 832. The van der Waals surface area contributed by atoms with Crippen LogP contribution in [0.25, 0.3) is 11.1 Å². The second-order valence-corrected chi connectivity index (χ2v) is 6.51. The normalized spacial score (nSPS) is 19.1. The summed E-state index contributed by atoms with van der Waals surface area (Å²) in [6.45, 7) is 4.51. The predicted octanol–water partition coefficient (Wildman–Crippen LogP) is 1.44. The van der Waals surface area contributed by atoms with E-state index in [2.05, 4.69) is 10.4 Å². The number of hydrogen-bond acceptors (Lipinski definition) is 4. The number of nitrogens with one attached hydrogen (secondary N) is 1. The third-order valence-corrected chi connectivity index (χ3v) is 4.74. The molecule has 0 fully saturated rings. The zero-order valence-corrected chi connectivity index (χ0v) is 14.8. The number of carbonyl (C=O) groups is 2. The highest BCUT2D eigenvalue weighted by Crippen LogP contribution is 2.34. The summed E-state index contributed by atoms with van der Waals surface area (Å²) >= 11 is 0. The summed E-state index contributed by atoms with van der Waals surface area (Å²) in [5.74, 6) is -0.112. The lowest BCUT2D eigenvalue weighted by Gasteiger charge is -2.40. The van der Waals surface area contributed by atoms with E-state index in [-0.39, 0.29) is 18.0 Å². The molecule has 138 valence electrons. The van der Waals surface area contributed by atoms with Gasteiger partial charge in [0.15, 0.2) is 0 Å². The van der Waals surface area contributed by atoms with Crippen molar-refractivity contribution in [2.45, 2.75) is 38.9 Å². The van der Waals surface area contributed by atoms with E-state index in [1.807, 2.05) is 31.3 Å². The van der Waals surface area contributed by atoms with E-state index in [1.165, 1.54) is 6.92 Å². The fourth-order valence-electron chi connectivity index (χ4n) is 3.52. The highest BCUT2D eigenvalue weighted by molar-refractivity contribution is 5.94. The Balaban J connectivity index is 1.98. The molecule has 3 rings (SSSR count). The zero-order valence-electron chi connectivity index (χ0n) is 14.8. The molecule has 0 saturated carbocycles. The highest BCUT2D eigenvalue weighted by Gasteiger charge is 2.34. The standard InChI is InChI=1S/C18H23N5O3/c1-11-16(21-18(25)26)8-14-7-13(3-4-17(14)23(11)12(2)24)15-9-20-22(10-15)6-5-19/h3-4,7,9-11,16,21H,5-6,8,19H2,1-2H3,(H,25,26)/t11-,16-/m1/s1. The Morgan fingerprint density at radius 1 is 1.38 bits per heavy atom. The summed E-state index contributed by atoms with van der Waals surface area (Å²) in [6.07, 6.45) is 3.14. The molecule has 2 atom stereocenters. The van der Waals surface area contributed by atoms with E-state index in [0.717, 1.165) is 22.4 Å². The number of benzene rings is 1. The van der Waals surface area contributed by atoms with Gasteiger partial charge in [-0.05, 0) is 36.6 Å². The molecule has 0 spiro atoms. The first-order valence-corrected chi connectivity index (χ1v) is 8.55. The van der Waals surface area contributed by atoms with Crippen LogP contribution in [0.5, 0.6) is 0 Å². The van der Waals surface area contributed by atoms with Gasteiger partial charge in [-0.25, -0.2) is 4.79 Å². The molecule has 0 bridgehead atoms. The van der Waals surface area contributed by atoms with Crippen molar-refractivity contribution in [1.82, 2.24) is 15.1 Å². The van der Waals surface area contributed by atoms with Gasteiger partial charge in [0, 0.05) is 30.9 Å². The van der Waals surface area contributed by atoms with Crippen molar-refractivity contribution < 1.29 is 14.7 Å². The van der Waals surface area contributed by atoms with Crippen molar-refractivity contribution in [2.24, 2.45) is 5.73 Å². The lowest BCUT2D eigenvalue weighted by atomic mass is 9.90. The zero-order chi connectivity index (χ0) is 18.8. The van der Waals surface area contributed by atoms with Crippen LogP contribution < -0.4 is 16.0 Å². The van der Waals surface area contributed by atoms with E-state index >= 15 is 0 Å². The molecule has 0 unspecified atom stereocenters. The fourth-order valence-corrected chi connectivity index (χ4v) is 3.52. The molecular weight excluding hydrogens is 334 g/mol. The van der Waals surface area contributed by atoms with Crippen LogP contribution in [-0.2, 0) is 17.8 Å². The number of carbonyl (C=O) groups excluding carboxylic acids is 1. The van der Waals surface area contributed by atoms with Crippen molar-refractivity contribution in [3.8, 4) is 11.1 Å². The number of hydrogen-bond donors (Lipinski definition) is 3. The minimum absolute atomic E-state index is 0.112. The van der Waals surface area contributed by atoms with Gasteiger partial charge in [-0.2, -0.15) is 5.10 Å². The molecule has 0 saturated heterocycles. The van der Waals surface area contributed by atoms with E-state index < -0.39 is 6.09 Å². The fraction of sp³-hybridized carbons (Fsp3) is 0.389. The number of carboxylic acid groups (broad SMARTS) is 1. The number of anilines is 1. The second kappa shape index (κ2) is 7.17. The Morgan fingerprint density at radius 3 is 2.81 bits per heavy atom. The second-order valence-electron chi connectivity index (χ2n) is 6.51. The monoisotopic (exact) mass is 357 g/mol. The van der Waals surface area contributed by atoms with Crippen LogP contribution in [0.4, 0.5) is 10.5 Å². The third-order valence-electron chi connectivity index (χ3n) is 4.74. The van der Waals surface area contributed by atoms with Crippen LogP contribution in [0.3, 0.4) is 0 Å². The lowest BCUT2D eigenvalue weighted by Crippen LogP contribution is -2.55. The largest absolute Gasteiger partial charge is 0.465 e. The van der Waals surface area contributed by atoms with Crippen LogP contribution in [0.2, 0.25) is 0 Å². The Morgan fingerprint density at radius 2 is 2.15 bits per heavy atom. The number of nitrogens with zero attached hydrogens (tertiary/aromatic N) is 3. The van der Waals surface area contributed by atoms with Gasteiger partial charge in [0.1, 0.15) is 0 Å².